The molecule has 3 aromatic rings. The largest absolute Gasteiger partial charge is 0.465 e. The van der Waals surface area contributed by atoms with E-state index < -0.39 is 17.9 Å². The molecule has 0 radical (unpaired) electrons. The number of ether oxygens (including phenoxy) is 1. The molecule has 24 heavy (non-hydrogen) atoms. The third-order valence-electron chi connectivity index (χ3n) is 4.08. The molecule has 1 aliphatic rings. The van der Waals surface area contributed by atoms with Crippen molar-refractivity contribution in [3.05, 3.63) is 46.7 Å². The minimum absolute atomic E-state index is 0.233. The number of benzene rings is 1. The predicted octanol–water partition coefficient (Wildman–Crippen LogP) is 2.82. The summed E-state index contributed by atoms with van der Waals surface area (Å²) in [6.07, 6.45) is 0. The standard InChI is InChI=1S/C17H15N3O3S/c1-2-23-16(22)13-14(12-8-5-9-24-12)20-11-7-4-3-6-10(11)18-17(20)19-15(13)21/h3-9,13-14H,2H2,1H3,(H,18,19,21)/t13-,14+/m0/s1. The van der Waals surface area contributed by atoms with E-state index in [1.165, 1.54) is 11.3 Å². The van der Waals surface area contributed by atoms with Gasteiger partial charge in [0.15, 0.2) is 5.92 Å². The highest BCUT2D eigenvalue weighted by Gasteiger charge is 2.44. The first-order valence-electron chi connectivity index (χ1n) is 7.68. The number of hydrogen-bond acceptors (Lipinski definition) is 5. The van der Waals surface area contributed by atoms with Crippen molar-refractivity contribution in [1.82, 2.24) is 9.55 Å². The van der Waals surface area contributed by atoms with E-state index in [0.717, 1.165) is 15.9 Å². The molecule has 1 aromatic carbocycles. The van der Waals surface area contributed by atoms with Gasteiger partial charge >= 0.3 is 5.97 Å². The van der Waals surface area contributed by atoms with Gasteiger partial charge in [-0.1, -0.05) is 18.2 Å². The Kier molecular flexibility index (Phi) is 3.57. The van der Waals surface area contributed by atoms with E-state index >= 15 is 0 Å². The molecule has 0 saturated heterocycles. The zero-order valence-corrected chi connectivity index (χ0v) is 13.7. The lowest BCUT2D eigenvalue weighted by atomic mass is 9.95. The van der Waals surface area contributed by atoms with Gasteiger partial charge in [0.1, 0.15) is 0 Å². The summed E-state index contributed by atoms with van der Waals surface area (Å²) in [5.41, 5.74) is 1.65. The van der Waals surface area contributed by atoms with Crippen molar-refractivity contribution < 1.29 is 14.3 Å². The molecule has 2 aromatic heterocycles. The molecule has 0 aliphatic carbocycles. The maximum absolute atomic E-state index is 12.6. The quantitative estimate of drug-likeness (QED) is 0.587. The molecule has 122 valence electrons. The minimum Gasteiger partial charge on any atom is -0.465 e. The molecule has 2 atom stereocenters. The summed E-state index contributed by atoms with van der Waals surface area (Å²) in [4.78, 5) is 30.5. The van der Waals surface area contributed by atoms with E-state index in [1.54, 1.807) is 6.92 Å². The van der Waals surface area contributed by atoms with E-state index in [2.05, 4.69) is 10.3 Å². The number of carbonyl (C=O) groups excluding carboxylic acids is 2. The molecule has 6 nitrogen and oxygen atoms in total. The number of aromatic nitrogens is 2. The van der Waals surface area contributed by atoms with Crippen LogP contribution in [0.25, 0.3) is 11.0 Å². The van der Waals surface area contributed by atoms with Crippen LogP contribution in [0.15, 0.2) is 41.8 Å². The monoisotopic (exact) mass is 341 g/mol. The fourth-order valence-corrected chi connectivity index (χ4v) is 3.97. The summed E-state index contributed by atoms with van der Waals surface area (Å²) < 4.78 is 7.08. The van der Waals surface area contributed by atoms with Gasteiger partial charge < -0.3 is 9.30 Å². The number of amides is 1. The van der Waals surface area contributed by atoms with E-state index in [9.17, 15) is 9.59 Å². The van der Waals surface area contributed by atoms with Crippen molar-refractivity contribution in [3.63, 3.8) is 0 Å². The molecule has 0 unspecified atom stereocenters. The summed E-state index contributed by atoms with van der Waals surface area (Å²) in [5, 5.41) is 4.68. The fraction of sp³-hybridized carbons (Fsp3) is 0.235. The molecule has 4 rings (SSSR count). The van der Waals surface area contributed by atoms with Crippen LogP contribution >= 0.6 is 11.3 Å². The van der Waals surface area contributed by atoms with Crippen LogP contribution in [0.1, 0.15) is 17.8 Å². The zero-order valence-electron chi connectivity index (χ0n) is 12.9. The number of esters is 1. The van der Waals surface area contributed by atoms with Crippen LogP contribution in [0, 0.1) is 5.92 Å². The summed E-state index contributed by atoms with van der Waals surface area (Å²) in [5.74, 6) is -1.37. The van der Waals surface area contributed by atoms with Gasteiger partial charge in [-0.25, -0.2) is 4.98 Å². The Hall–Kier alpha value is -2.67. The zero-order chi connectivity index (χ0) is 16.7. The van der Waals surface area contributed by atoms with Gasteiger partial charge in [-0.15, -0.1) is 11.3 Å². The molecular weight excluding hydrogens is 326 g/mol. The first-order chi connectivity index (χ1) is 11.7. The van der Waals surface area contributed by atoms with Gasteiger partial charge in [-0.3, -0.25) is 14.9 Å². The second-order valence-electron chi connectivity index (χ2n) is 5.47. The SMILES string of the molecule is CCOC(=O)[C@@H]1C(=O)Nc2nc3ccccc3n2[C@@H]1c1cccs1. The lowest BCUT2D eigenvalue weighted by Gasteiger charge is -2.31. The van der Waals surface area contributed by atoms with Crippen LogP contribution in [-0.4, -0.2) is 28.0 Å². The maximum Gasteiger partial charge on any atom is 0.321 e. The van der Waals surface area contributed by atoms with Crippen molar-refractivity contribution in [3.8, 4) is 0 Å². The van der Waals surface area contributed by atoms with Crippen molar-refractivity contribution in [2.75, 3.05) is 11.9 Å². The smallest absolute Gasteiger partial charge is 0.321 e. The average molecular weight is 341 g/mol. The molecular formula is C17H15N3O3S. The number of rotatable bonds is 3. The van der Waals surface area contributed by atoms with Crippen molar-refractivity contribution in [2.24, 2.45) is 5.92 Å². The van der Waals surface area contributed by atoms with Gasteiger partial charge in [0.25, 0.3) is 0 Å². The highest BCUT2D eigenvalue weighted by molar-refractivity contribution is 7.10. The molecule has 7 heteroatoms. The topological polar surface area (TPSA) is 73.2 Å². The number of para-hydroxylation sites is 2. The van der Waals surface area contributed by atoms with Crippen molar-refractivity contribution >= 4 is 40.2 Å². The molecule has 1 aliphatic heterocycles. The average Bonchev–Trinajstić information content (AvgIpc) is 3.21. The third-order valence-corrected chi connectivity index (χ3v) is 5.03. The Morgan fingerprint density at radius 1 is 1.33 bits per heavy atom. The Labute approximate surface area is 142 Å². The summed E-state index contributed by atoms with van der Waals surface area (Å²) >= 11 is 1.51. The lowest BCUT2D eigenvalue weighted by Crippen LogP contribution is -2.43. The van der Waals surface area contributed by atoms with Gasteiger partial charge in [0.2, 0.25) is 11.9 Å². The second kappa shape index (κ2) is 5.76. The van der Waals surface area contributed by atoms with Gasteiger partial charge in [0, 0.05) is 4.88 Å². The highest BCUT2D eigenvalue weighted by atomic mass is 32.1. The van der Waals surface area contributed by atoms with Crippen LogP contribution < -0.4 is 5.32 Å². The molecule has 3 heterocycles. The molecule has 0 spiro atoms. The summed E-state index contributed by atoms with van der Waals surface area (Å²) in [6, 6.07) is 11.0. The Balaban J connectivity index is 1.95. The molecule has 1 N–H and O–H groups in total. The van der Waals surface area contributed by atoms with Crippen LogP contribution in [0.4, 0.5) is 5.95 Å². The summed E-state index contributed by atoms with van der Waals surface area (Å²) in [6.45, 7) is 1.97. The van der Waals surface area contributed by atoms with Gasteiger partial charge in [-0.05, 0) is 30.5 Å². The molecule has 0 saturated carbocycles. The third kappa shape index (κ3) is 2.20. The minimum atomic E-state index is -0.936. The predicted molar refractivity (Wildman–Crippen MR) is 90.9 cm³/mol. The van der Waals surface area contributed by atoms with Crippen LogP contribution in [0.2, 0.25) is 0 Å². The fourth-order valence-electron chi connectivity index (χ4n) is 3.11. The number of imidazole rings is 1. The number of nitrogens with one attached hydrogen (secondary N) is 1. The Morgan fingerprint density at radius 2 is 2.17 bits per heavy atom. The number of carbonyl (C=O) groups is 2. The van der Waals surface area contributed by atoms with E-state index in [1.807, 2.05) is 46.3 Å². The number of fused-ring (bicyclic) bond motifs is 3. The van der Waals surface area contributed by atoms with E-state index in [-0.39, 0.29) is 12.5 Å². The first-order valence-corrected chi connectivity index (χ1v) is 8.56. The highest BCUT2D eigenvalue weighted by Crippen LogP contribution is 2.40. The van der Waals surface area contributed by atoms with Crippen LogP contribution in [0.3, 0.4) is 0 Å². The Morgan fingerprint density at radius 3 is 2.92 bits per heavy atom. The van der Waals surface area contributed by atoms with Gasteiger partial charge in [0.05, 0.1) is 23.7 Å². The van der Waals surface area contributed by atoms with E-state index in [0.29, 0.717) is 5.95 Å². The van der Waals surface area contributed by atoms with Crippen LogP contribution in [-0.2, 0) is 14.3 Å². The first kappa shape index (κ1) is 14.9. The lowest BCUT2D eigenvalue weighted by molar-refractivity contribution is -0.152. The molecule has 0 bridgehead atoms. The normalized spacial score (nSPS) is 19.8. The summed E-state index contributed by atoms with van der Waals surface area (Å²) in [7, 11) is 0. The van der Waals surface area contributed by atoms with Gasteiger partial charge in [-0.2, -0.15) is 0 Å². The van der Waals surface area contributed by atoms with Crippen LogP contribution in [0.5, 0.6) is 0 Å². The maximum atomic E-state index is 12.6. The van der Waals surface area contributed by atoms with E-state index in [4.69, 9.17) is 4.74 Å². The number of thiophene rings is 1. The van der Waals surface area contributed by atoms with Crippen molar-refractivity contribution in [2.45, 2.75) is 13.0 Å². The second-order valence-corrected chi connectivity index (χ2v) is 6.45. The number of nitrogens with zero attached hydrogens (tertiary/aromatic N) is 2. The number of hydrogen-bond donors (Lipinski definition) is 1. The Bertz CT molecular complexity index is 916. The van der Waals surface area contributed by atoms with Crippen molar-refractivity contribution in [1.29, 1.82) is 0 Å². The molecule has 1 amide bonds. The number of anilines is 1. The molecule has 0 fully saturated rings.